The average molecular weight is 540 g/mol. The van der Waals surface area contributed by atoms with Gasteiger partial charge in [-0.15, -0.1) is 0 Å². The van der Waals surface area contributed by atoms with Crippen LogP contribution in [0, 0.1) is 0 Å². The molecule has 0 amide bonds. The van der Waals surface area contributed by atoms with E-state index in [9.17, 15) is 0 Å². The molecule has 0 spiro atoms. The summed E-state index contributed by atoms with van der Waals surface area (Å²) < 4.78 is 8.54. The van der Waals surface area contributed by atoms with E-state index in [1.54, 1.807) is 13.3 Å². The third-order valence-electron chi connectivity index (χ3n) is 5.68. The van der Waals surface area contributed by atoms with Crippen LogP contribution in [0.4, 0.5) is 5.69 Å². The smallest absolute Gasteiger partial charge is 0.174 e. The van der Waals surface area contributed by atoms with Gasteiger partial charge in [-0.2, -0.15) is 0 Å². The fraction of sp³-hybridized carbons (Fsp3) is 0.120. The van der Waals surface area contributed by atoms with E-state index in [-0.39, 0.29) is 12.1 Å². The van der Waals surface area contributed by atoms with Crippen LogP contribution in [0.25, 0.3) is 5.69 Å². The molecule has 2 aromatic carbocycles. The number of aromatic nitrogens is 2. The van der Waals surface area contributed by atoms with Gasteiger partial charge in [-0.3, -0.25) is 4.98 Å². The number of benzene rings is 2. The van der Waals surface area contributed by atoms with E-state index < -0.39 is 0 Å². The molecule has 1 N–H and O–H groups in total. The summed E-state index contributed by atoms with van der Waals surface area (Å²) in [5.74, 6) is 0.619. The third-order valence-corrected chi connectivity index (χ3v) is 6.78. The average Bonchev–Trinajstić information content (AvgIpc) is 3.44. The van der Waals surface area contributed by atoms with Gasteiger partial charge in [0.15, 0.2) is 5.11 Å². The Balaban J connectivity index is 1.67. The normalized spacial score (nSPS) is 17.8. The Kier molecular flexibility index (Phi) is 6.10. The monoisotopic (exact) mass is 538 g/mol. The highest BCUT2D eigenvalue weighted by atomic mass is 79.9. The van der Waals surface area contributed by atoms with Gasteiger partial charge in [0, 0.05) is 33.9 Å². The Labute approximate surface area is 211 Å². The second kappa shape index (κ2) is 9.17. The highest BCUT2D eigenvalue weighted by molar-refractivity contribution is 9.10. The molecule has 4 aromatic rings. The molecule has 1 saturated heterocycles. The van der Waals surface area contributed by atoms with Crippen molar-refractivity contribution in [1.82, 2.24) is 14.9 Å². The Morgan fingerprint density at radius 1 is 1.03 bits per heavy atom. The van der Waals surface area contributed by atoms with Crippen LogP contribution in [0.2, 0.25) is 5.02 Å². The first-order chi connectivity index (χ1) is 16.1. The van der Waals surface area contributed by atoms with Gasteiger partial charge in [0.25, 0.3) is 0 Å². The van der Waals surface area contributed by atoms with Gasteiger partial charge in [0.2, 0.25) is 0 Å². The lowest BCUT2D eigenvalue weighted by Gasteiger charge is -2.29. The van der Waals surface area contributed by atoms with Crippen LogP contribution in [0.15, 0.2) is 89.7 Å². The number of nitrogens with zero attached hydrogens (tertiary/aromatic N) is 3. The first-order valence-electron chi connectivity index (χ1n) is 10.3. The van der Waals surface area contributed by atoms with Crippen LogP contribution in [-0.4, -0.2) is 21.8 Å². The highest BCUT2D eigenvalue weighted by Crippen LogP contribution is 2.43. The van der Waals surface area contributed by atoms with Crippen molar-refractivity contribution in [3.8, 4) is 11.4 Å². The summed E-state index contributed by atoms with van der Waals surface area (Å²) in [6.07, 6.45) is 3.87. The van der Waals surface area contributed by atoms with Crippen molar-refractivity contribution in [2.24, 2.45) is 0 Å². The lowest BCUT2D eigenvalue weighted by atomic mass is 10.0. The molecule has 5 nitrogen and oxygen atoms in total. The lowest BCUT2D eigenvalue weighted by Crippen LogP contribution is -2.30. The molecule has 1 aliphatic heterocycles. The van der Waals surface area contributed by atoms with Gasteiger partial charge in [-0.25, -0.2) is 0 Å². The number of hydrogen-bond acceptors (Lipinski definition) is 3. The van der Waals surface area contributed by atoms with Gasteiger partial charge in [0.05, 0.1) is 23.9 Å². The first kappa shape index (κ1) is 21.9. The summed E-state index contributed by atoms with van der Waals surface area (Å²) in [4.78, 5) is 6.73. The molecule has 2 atom stereocenters. The van der Waals surface area contributed by atoms with Gasteiger partial charge in [-0.1, -0.05) is 39.7 Å². The van der Waals surface area contributed by atoms with E-state index in [0.717, 1.165) is 27.2 Å². The number of pyridine rings is 1. The van der Waals surface area contributed by atoms with E-state index in [2.05, 4.69) is 60.1 Å². The molecule has 0 unspecified atom stereocenters. The van der Waals surface area contributed by atoms with Crippen LogP contribution in [0.1, 0.15) is 23.5 Å². The molecule has 8 heteroatoms. The number of halogens is 2. The molecule has 0 bridgehead atoms. The number of anilines is 1. The standard InChI is InChI=1S/C25H20BrClN4OS/c1-32-22-11-10-18(15-19(22)27)31-24(23(29-25(31)33)20-8-2-3-12-28-20)21-9-5-13-30(21)17-7-4-6-16(26)14-17/h2-15,23-24H,1H3,(H,29,33)/t23-,24-/m1/s1. The summed E-state index contributed by atoms with van der Waals surface area (Å²) >= 11 is 15.9. The van der Waals surface area contributed by atoms with Crippen molar-refractivity contribution in [2.75, 3.05) is 12.0 Å². The second-order valence-electron chi connectivity index (χ2n) is 7.60. The number of nitrogens with one attached hydrogen (secondary N) is 1. The zero-order valence-electron chi connectivity index (χ0n) is 17.7. The molecule has 5 rings (SSSR count). The zero-order chi connectivity index (χ0) is 22.9. The summed E-state index contributed by atoms with van der Waals surface area (Å²) in [6.45, 7) is 0. The molecule has 1 aliphatic rings. The number of methoxy groups -OCH3 is 1. The topological polar surface area (TPSA) is 42.3 Å². The van der Waals surface area contributed by atoms with Gasteiger partial charge in [0.1, 0.15) is 11.8 Å². The van der Waals surface area contributed by atoms with Crippen LogP contribution < -0.4 is 15.0 Å². The fourth-order valence-corrected chi connectivity index (χ4v) is 5.22. The predicted octanol–water partition coefficient (Wildman–Crippen LogP) is 6.47. The number of thiocarbonyl (C=S) groups is 1. The number of ether oxygens (including phenoxy) is 1. The fourth-order valence-electron chi connectivity index (χ4n) is 4.23. The van der Waals surface area contributed by atoms with Gasteiger partial charge < -0.3 is 19.5 Å². The minimum absolute atomic E-state index is 0.152. The SMILES string of the molecule is COc1ccc(N2C(=S)N[C@H](c3ccccn3)[C@H]2c2cccn2-c2cccc(Br)c2)cc1Cl. The van der Waals surface area contributed by atoms with E-state index in [1.807, 2.05) is 54.6 Å². The lowest BCUT2D eigenvalue weighted by molar-refractivity contribution is 0.415. The summed E-state index contributed by atoms with van der Waals surface area (Å²) in [6, 6.07) is 23.7. The predicted molar refractivity (Wildman–Crippen MR) is 139 cm³/mol. The Hall–Kier alpha value is -2.87. The maximum Gasteiger partial charge on any atom is 0.174 e. The summed E-state index contributed by atoms with van der Waals surface area (Å²) in [5.41, 5.74) is 3.91. The molecule has 2 aromatic heterocycles. The number of rotatable bonds is 5. The Morgan fingerprint density at radius 2 is 1.91 bits per heavy atom. The maximum absolute atomic E-state index is 6.49. The molecule has 1 fully saturated rings. The third kappa shape index (κ3) is 4.12. The van der Waals surface area contributed by atoms with Gasteiger partial charge in [-0.05, 0) is 72.9 Å². The number of hydrogen-bond donors (Lipinski definition) is 1. The van der Waals surface area contributed by atoms with Crippen LogP contribution >= 0.6 is 39.7 Å². The summed E-state index contributed by atoms with van der Waals surface area (Å²) in [5, 5.41) is 4.63. The van der Waals surface area contributed by atoms with E-state index in [0.29, 0.717) is 15.9 Å². The Bertz CT molecular complexity index is 1310. The van der Waals surface area contributed by atoms with Crippen LogP contribution in [0.5, 0.6) is 5.75 Å². The quantitative estimate of drug-likeness (QED) is 0.294. The molecule has 166 valence electrons. The van der Waals surface area contributed by atoms with Crippen molar-refractivity contribution in [3.05, 3.63) is 106 Å². The first-order valence-corrected chi connectivity index (χ1v) is 11.9. The van der Waals surface area contributed by atoms with Crippen LogP contribution in [-0.2, 0) is 0 Å². The molecule has 0 aliphatic carbocycles. The minimum atomic E-state index is -0.161. The second-order valence-corrected chi connectivity index (χ2v) is 9.31. The molecule has 0 radical (unpaired) electrons. The Morgan fingerprint density at radius 3 is 2.64 bits per heavy atom. The molecule has 3 heterocycles. The van der Waals surface area contributed by atoms with Gasteiger partial charge >= 0.3 is 0 Å². The van der Waals surface area contributed by atoms with Crippen molar-refractivity contribution < 1.29 is 4.74 Å². The van der Waals surface area contributed by atoms with Crippen molar-refractivity contribution in [1.29, 1.82) is 0 Å². The van der Waals surface area contributed by atoms with Crippen LogP contribution in [0.3, 0.4) is 0 Å². The zero-order valence-corrected chi connectivity index (χ0v) is 20.8. The van der Waals surface area contributed by atoms with E-state index >= 15 is 0 Å². The molecular weight excluding hydrogens is 520 g/mol. The van der Waals surface area contributed by atoms with E-state index in [4.69, 9.17) is 28.6 Å². The highest BCUT2D eigenvalue weighted by Gasteiger charge is 2.42. The van der Waals surface area contributed by atoms with E-state index in [1.165, 1.54) is 0 Å². The largest absolute Gasteiger partial charge is 0.495 e. The molecule has 0 saturated carbocycles. The van der Waals surface area contributed by atoms with Crippen molar-refractivity contribution in [3.63, 3.8) is 0 Å². The molecular formula is C25H20BrClN4OS. The summed E-state index contributed by atoms with van der Waals surface area (Å²) in [7, 11) is 1.60. The van der Waals surface area contributed by atoms with Crippen molar-refractivity contribution in [2.45, 2.75) is 12.1 Å². The molecule has 33 heavy (non-hydrogen) atoms. The minimum Gasteiger partial charge on any atom is -0.495 e. The van der Waals surface area contributed by atoms with Crippen molar-refractivity contribution >= 4 is 50.5 Å². The maximum atomic E-state index is 6.49.